The summed E-state index contributed by atoms with van der Waals surface area (Å²) in [4.78, 5) is 39.5. The zero-order valence-electron chi connectivity index (χ0n) is 16.1. The molecule has 29 heavy (non-hydrogen) atoms. The van der Waals surface area contributed by atoms with Crippen LogP contribution in [0.5, 0.6) is 0 Å². The number of nitrogens with zero attached hydrogens (tertiary/aromatic N) is 2. The van der Waals surface area contributed by atoms with Crippen LogP contribution in [0.2, 0.25) is 0 Å². The monoisotopic (exact) mass is 401 g/mol. The average molecular weight is 401 g/mol. The first-order chi connectivity index (χ1) is 13.7. The number of hydrogen-bond acceptors (Lipinski definition) is 3. The number of benzene rings is 2. The number of hydrogen-bond donors (Lipinski definition) is 1. The largest absolute Gasteiger partial charge is 0.336 e. The lowest BCUT2D eigenvalue weighted by Gasteiger charge is -2.21. The highest BCUT2D eigenvalue weighted by atomic mass is 19.1. The molecule has 1 aliphatic heterocycles. The van der Waals surface area contributed by atoms with E-state index in [1.54, 1.807) is 12.1 Å². The summed E-state index contributed by atoms with van der Waals surface area (Å²) >= 11 is 0. The fourth-order valence-corrected chi connectivity index (χ4v) is 3.25. The highest BCUT2D eigenvalue weighted by Gasteiger charge is 2.37. The van der Waals surface area contributed by atoms with E-state index in [0.717, 1.165) is 16.5 Å². The Labute approximate surface area is 167 Å². The fraction of sp³-hybridized carbons (Fsp3) is 0.286. The van der Waals surface area contributed by atoms with E-state index < -0.39 is 23.5 Å². The highest BCUT2D eigenvalue weighted by molar-refractivity contribution is 6.01. The van der Waals surface area contributed by atoms with Gasteiger partial charge in [-0.1, -0.05) is 17.7 Å². The molecule has 8 heteroatoms. The zero-order valence-corrected chi connectivity index (χ0v) is 16.1. The molecule has 0 saturated carbocycles. The number of rotatable bonds is 5. The van der Waals surface area contributed by atoms with Gasteiger partial charge in [0.15, 0.2) is 0 Å². The van der Waals surface area contributed by atoms with Crippen LogP contribution in [0.15, 0.2) is 42.5 Å². The van der Waals surface area contributed by atoms with E-state index in [-0.39, 0.29) is 37.0 Å². The van der Waals surface area contributed by atoms with Gasteiger partial charge in [-0.05, 0) is 31.2 Å². The van der Waals surface area contributed by atoms with Crippen molar-refractivity contribution in [2.45, 2.75) is 13.3 Å². The topological polar surface area (TPSA) is 69.7 Å². The van der Waals surface area contributed by atoms with E-state index in [1.807, 2.05) is 19.1 Å². The maximum absolute atomic E-state index is 14.0. The number of anilines is 2. The van der Waals surface area contributed by atoms with Crippen LogP contribution >= 0.6 is 0 Å². The van der Waals surface area contributed by atoms with Crippen LogP contribution in [-0.4, -0.2) is 42.8 Å². The molecule has 1 saturated heterocycles. The van der Waals surface area contributed by atoms with E-state index >= 15 is 0 Å². The first-order valence-corrected chi connectivity index (χ1v) is 9.11. The molecule has 2 aromatic rings. The maximum Gasteiger partial charge on any atom is 0.243 e. The summed E-state index contributed by atoms with van der Waals surface area (Å²) in [6.07, 6.45) is -0.0976. The molecule has 1 unspecified atom stereocenters. The van der Waals surface area contributed by atoms with Gasteiger partial charge >= 0.3 is 0 Å². The fourth-order valence-electron chi connectivity index (χ4n) is 3.25. The zero-order chi connectivity index (χ0) is 21.1. The Balaban J connectivity index is 1.60. The smallest absolute Gasteiger partial charge is 0.243 e. The van der Waals surface area contributed by atoms with E-state index in [9.17, 15) is 23.2 Å². The Morgan fingerprint density at radius 1 is 1.17 bits per heavy atom. The summed E-state index contributed by atoms with van der Waals surface area (Å²) < 4.78 is 27.1. The molecule has 1 heterocycles. The molecule has 3 amide bonds. The maximum atomic E-state index is 14.0. The van der Waals surface area contributed by atoms with E-state index in [1.165, 1.54) is 18.0 Å². The van der Waals surface area contributed by atoms with Crippen molar-refractivity contribution in [3.8, 4) is 0 Å². The van der Waals surface area contributed by atoms with Gasteiger partial charge in [0.1, 0.15) is 11.6 Å². The average Bonchev–Trinajstić information content (AvgIpc) is 3.04. The van der Waals surface area contributed by atoms with Crippen LogP contribution in [0.4, 0.5) is 20.2 Å². The number of amides is 3. The normalized spacial score (nSPS) is 16.1. The standard InChI is InChI=1S/C21H21F2N3O3/c1-13-3-6-16(7-4-13)24-19(27)12-25(2)21(29)14-9-20(28)26(11-14)18-8-5-15(22)10-17(18)23/h3-8,10,14H,9,11-12H2,1-2H3,(H,24,27). The highest BCUT2D eigenvalue weighted by Crippen LogP contribution is 2.28. The van der Waals surface area contributed by atoms with Gasteiger partial charge in [0, 0.05) is 31.8 Å². The lowest BCUT2D eigenvalue weighted by atomic mass is 10.1. The molecule has 1 aliphatic rings. The molecule has 0 radical (unpaired) electrons. The molecule has 2 aromatic carbocycles. The van der Waals surface area contributed by atoms with Crippen molar-refractivity contribution in [2.75, 3.05) is 30.4 Å². The number of halogens is 2. The second kappa shape index (κ2) is 8.38. The Morgan fingerprint density at radius 3 is 2.52 bits per heavy atom. The van der Waals surface area contributed by atoms with Gasteiger partial charge in [0.2, 0.25) is 17.7 Å². The van der Waals surface area contributed by atoms with Crippen LogP contribution in [0.25, 0.3) is 0 Å². The van der Waals surface area contributed by atoms with Gasteiger partial charge in [0.25, 0.3) is 0 Å². The molecular formula is C21H21F2N3O3. The third-order valence-electron chi connectivity index (χ3n) is 4.77. The third kappa shape index (κ3) is 4.77. The predicted octanol–water partition coefficient (Wildman–Crippen LogP) is 2.72. The predicted molar refractivity (Wildman–Crippen MR) is 104 cm³/mol. The van der Waals surface area contributed by atoms with Crippen molar-refractivity contribution in [1.29, 1.82) is 0 Å². The molecule has 6 nitrogen and oxygen atoms in total. The summed E-state index contributed by atoms with van der Waals surface area (Å²) in [6.45, 7) is 1.73. The van der Waals surface area contributed by atoms with Gasteiger partial charge in [0.05, 0.1) is 18.2 Å². The van der Waals surface area contributed by atoms with Crippen LogP contribution in [0, 0.1) is 24.5 Å². The molecule has 0 aliphatic carbocycles. The molecule has 1 atom stereocenters. The second-order valence-electron chi connectivity index (χ2n) is 7.11. The lowest BCUT2D eigenvalue weighted by Crippen LogP contribution is -2.39. The summed E-state index contributed by atoms with van der Waals surface area (Å²) in [5.41, 5.74) is 1.62. The lowest BCUT2D eigenvalue weighted by molar-refractivity contribution is -0.137. The number of carbonyl (C=O) groups excluding carboxylic acids is 3. The van der Waals surface area contributed by atoms with E-state index in [2.05, 4.69) is 5.32 Å². The molecule has 152 valence electrons. The molecule has 0 spiro atoms. The van der Waals surface area contributed by atoms with Crippen molar-refractivity contribution < 1.29 is 23.2 Å². The molecule has 1 N–H and O–H groups in total. The van der Waals surface area contributed by atoms with Crippen LogP contribution in [0.3, 0.4) is 0 Å². The van der Waals surface area contributed by atoms with Gasteiger partial charge in [-0.25, -0.2) is 8.78 Å². The number of likely N-dealkylation sites (N-methyl/N-ethyl adjacent to an activating group) is 1. The molecule has 0 aromatic heterocycles. The minimum atomic E-state index is -0.864. The van der Waals surface area contributed by atoms with Crippen molar-refractivity contribution in [2.24, 2.45) is 5.92 Å². The Bertz CT molecular complexity index is 947. The van der Waals surface area contributed by atoms with Crippen LogP contribution in [0.1, 0.15) is 12.0 Å². The van der Waals surface area contributed by atoms with Gasteiger partial charge in [-0.3, -0.25) is 14.4 Å². The van der Waals surface area contributed by atoms with Gasteiger partial charge in [-0.15, -0.1) is 0 Å². The van der Waals surface area contributed by atoms with Crippen molar-refractivity contribution in [1.82, 2.24) is 4.90 Å². The Hall–Kier alpha value is -3.29. The van der Waals surface area contributed by atoms with Crippen molar-refractivity contribution >= 4 is 29.1 Å². The van der Waals surface area contributed by atoms with E-state index in [0.29, 0.717) is 11.8 Å². The summed E-state index contributed by atoms with van der Waals surface area (Å²) in [5.74, 6) is -3.49. The second-order valence-corrected chi connectivity index (χ2v) is 7.11. The molecular weight excluding hydrogens is 380 g/mol. The van der Waals surface area contributed by atoms with Gasteiger partial charge in [-0.2, -0.15) is 0 Å². The van der Waals surface area contributed by atoms with Gasteiger partial charge < -0.3 is 15.1 Å². The Morgan fingerprint density at radius 2 is 1.86 bits per heavy atom. The molecule has 0 bridgehead atoms. The summed E-state index contributed by atoms with van der Waals surface area (Å²) in [7, 11) is 1.47. The van der Waals surface area contributed by atoms with Crippen molar-refractivity contribution in [3.63, 3.8) is 0 Å². The summed E-state index contributed by atoms with van der Waals surface area (Å²) in [5, 5.41) is 2.71. The SMILES string of the molecule is Cc1ccc(NC(=O)CN(C)C(=O)C2CC(=O)N(c3ccc(F)cc3F)C2)cc1. The van der Waals surface area contributed by atoms with Crippen LogP contribution < -0.4 is 10.2 Å². The first-order valence-electron chi connectivity index (χ1n) is 9.11. The number of carbonyl (C=O) groups is 3. The number of aryl methyl sites for hydroxylation is 1. The quantitative estimate of drug-likeness (QED) is 0.838. The third-order valence-corrected chi connectivity index (χ3v) is 4.77. The van der Waals surface area contributed by atoms with Crippen LogP contribution in [-0.2, 0) is 14.4 Å². The first kappa shape index (κ1) is 20.4. The Kier molecular flexibility index (Phi) is 5.91. The summed E-state index contributed by atoms with van der Waals surface area (Å²) in [6, 6.07) is 10.2. The number of nitrogens with one attached hydrogen (secondary N) is 1. The van der Waals surface area contributed by atoms with E-state index in [4.69, 9.17) is 0 Å². The minimum Gasteiger partial charge on any atom is -0.336 e. The molecule has 1 fully saturated rings. The van der Waals surface area contributed by atoms with Crippen molar-refractivity contribution in [3.05, 3.63) is 59.7 Å². The molecule has 3 rings (SSSR count). The minimum absolute atomic E-state index is 0.0237.